The highest BCUT2D eigenvalue weighted by atomic mass is 16.5. The summed E-state index contributed by atoms with van der Waals surface area (Å²) < 4.78 is 5.10. The maximum absolute atomic E-state index is 12.2. The van der Waals surface area contributed by atoms with Crippen LogP contribution in [0.5, 0.6) is 0 Å². The third kappa shape index (κ3) is 6.24. The van der Waals surface area contributed by atoms with E-state index in [1.807, 2.05) is 14.1 Å². The van der Waals surface area contributed by atoms with Crippen LogP contribution in [-0.4, -0.2) is 57.1 Å². The molecule has 150 valence electrons. The second-order valence-electron chi connectivity index (χ2n) is 8.38. The minimum absolute atomic E-state index is 0.131. The lowest BCUT2D eigenvalue weighted by molar-refractivity contribution is -0.156. The van der Waals surface area contributed by atoms with E-state index in [2.05, 4.69) is 39.4 Å². The van der Waals surface area contributed by atoms with E-state index >= 15 is 0 Å². The van der Waals surface area contributed by atoms with Crippen LogP contribution in [0.25, 0.3) is 0 Å². The van der Waals surface area contributed by atoms with Gasteiger partial charge in [-0.25, -0.2) is 0 Å². The molecule has 1 aromatic carbocycles. The first-order valence-corrected chi connectivity index (χ1v) is 9.64. The van der Waals surface area contributed by atoms with Crippen molar-refractivity contribution in [2.24, 2.45) is 5.41 Å². The second-order valence-corrected chi connectivity index (χ2v) is 8.38. The lowest BCUT2D eigenvalue weighted by Gasteiger charge is -2.28. The molecule has 1 atom stereocenters. The summed E-state index contributed by atoms with van der Waals surface area (Å²) in [5.74, 6) is -0.630. The Morgan fingerprint density at radius 2 is 1.74 bits per heavy atom. The number of likely N-dealkylation sites (tertiary alicyclic amines) is 1. The quantitative estimate of drug-likeness (QED) is 0.742. The fraction of sp³-hybridized carbons (Fsp3) is 0.619. The Bertz CT molecular complexity index is 629. The van der Waals surface area contributed by atoms with Crippen molar-refractivity contribution in [1.82, 2.24) is 10.2 Å². The van der Waals surface area contributed by atoms with E-state index in [-0.39, 0.29) is 24.5 Å². The number of benzene rings is 1. The van der Waals surface area contributed by atoms with Crippen molar-refractivity contribution in [3.05, 3.63) is 29.8 Å². The second kappa shape index (κ2) is 9.22. The predicted molar refractivity (Wildman–Crippen MR) is 108 cm³/mol. The van der Waals surface area contributed by atoms with Gasteiger partial charge in [-0.15, -0.1) is 0 Å². The van der Waals surface area contributed by atoms with Gasteiger partial charge in [-0.2, -0.15) is 0 Å². The van der Waals surface area contributed by atoms with E-state index in [9.17, 15) is 9.59 Å². The molecule has 1 amide bonds. The summed E-state index contributed by atoms with van der Waals surface area (Å²) in [5.41, 5.74) is 1.73. The van der Waals surface area contributed by atoms with Gasteiger partial charge in [-0.3, -0.25) is 14.5 Å². The van der Waals surface area contributed by atoms with Crippen LogP contribution in [-0.2, 0) is 14.3 Å². The van der Waals surface area contributed by atoms with Crippen LogP contribution in [0.1, 0.15) is 45.2 Å². The number of ether oxygens (including phenoxy) is 1. The Morgan fingerprint density at radius 1 is 1.15 bits per heavy atom. The van der Waals surface area contributed by atoms with Crippen molar-refractivity contribution in [2.75, 3.05) is 45.2 Å². The minimum Gasteiger partial charge on any atom is -0.455 e. The normalized spacial score (nSPS) is 16.0. The molecule has 1 aromatic rings. The van der Waals surface area contributed by atoms with Gasteiger partial charge < -0.3 is 15.0 Å². The summed E-state index contributed by atoms with van der Waals surface area (Å²) in [6.07, 6.45) is 2.37. The third-order valence-corrected chi connectivity index (χ3v) is 4.81. The van der Waals surface area contributed by atoms with Gasteiger partial charge in [-0.1, -0.05) is 12.1 Å². The summed E-state index contributed by atoms with van der Waals surface area (Å²) in [7, 11) is 4.04. The van der Waals surface area contributed by atoms with E-state index in [0.29, 0.717) is 6.54 Å². The van der Waals surface area contributed by atoms with E-state index in [0.717, 1.165) is 18.8 Å². The first-order chi connectivity index (χ1) is 12.7. The SMILES string of the molecule is CN(C)c1ccc([C@@H](CNC(=O)COC(=O)C(C)(C)C)N2CCCC2)cc1. The molecule has 1 N–H and O–H groups in total. The van der Waals surface area contributed by atoms with Crippen molar-refractivity contribution in [2.45, 2.75) is 39.7 Å². The average molecular weight is 376 g/mol. The third-order valence-electron chi connectivity index (χ3n) is 4.81. The molecular formula is C21H33N3O3. The van der Waals surface area contributed by atoms with Crippen molar-refractivity contribution in [3.63, 3.8) is 0 Å². The topological polar surface area (TPSA) is 61.9 Å². The molecular weight excluding hydrogens is 342 g/mol. The Balaban J connectivity index is 1.96. The minimum atomic E-state index is -0.605. The van der Waals surface area contributed by atoms with Crippen LogP contribution in [0.4, 0.5) is 5.69 Å². The largest absolute Gasteiger partial charge is 0.455 e. The van der Waals surface area contributed by atoms with Crippen molar-refractivity contribution in [3.8, 4) is 0 Å². The molecule has 6 heteroatoms. The fourth-order valence-electron chi connectivity index (χ4n) is 3.11. The van der Waals surface area contributed by atoms with Gasteiger partial charge in [0.05, 0.1) is 11.5 Å². The highest BCUT2D eigenvalue weighted by Crippen LogP contribution is 2.26. The Hall–Kier alpha value is -2.08. The van der Waals surface area contributed by atoms with Crippen molar-refractivity contribution >= 4 is 17.6 Å². The molecule has 0 saturated carbocycles. The van der Waals surface area contributed by atoms with Crippen LogP contribution in [0.15, 0.2) is 24.3 Å². The molecule has 0 aliphatic carbocycles. The zero-order valence-electron chi connectivity index (χ0n) is 17.2. The molecule has 0 unspecified atom stereocenters. The summed E-state index contributed by atoms with van der Waals surface area (Å²) in [6, 6.07) is 8.59. The van der Waals surface area contributed by atoms with E-state index < -0.39 is 5.41 Å². The predicted octanol–water partition coefficient (Wildman–Crippen LogP) is 2.59. The number of nitrogens with zero attached hydrogens (tertiary/aromatic N) is 2. The van der Waals surface area contributed by atoms with E-state index in [1.54, 1.807) is 20.8 Å². The summed E-state index contributed by atoms with van der Waals surface area (Å²) in [4.78, 5) is 28.4. The van der Waals surface area contributed by atoms with E-state index in [1.165, 1.54) is 18.4 Å². The number of anilines is 1. The number of amides is 1. The van der Waals surface area contributed by atoms with Crippen molar-refractivity contribution < 1.29 is 14.3 Å². The number of rotatable bonds is 7. The summed E-state index contributed by atoms with van der Waals surface area (Å²) in [5, 5.41) is 2.93. The summed E-state index contributed by atoms with van der Waals surface area (Å²) >= 11 is 0. The molecule has 1 aliphatic rings. The van der Waals surface area contributed by atoms with Gasteiger partial charge in [0.25, 0.3) is 5.91 Å². The highest BCUT2D eigenvalue weighted by molar-refractivity contribution is 5.82. The molecule has 0 bridgehead atoms. The lowest BCUT2D eigenvalue weighted by Crippen LogP contribution is -2.39. The lowest BCUT2D eigenvalue weighted by atomic mass is 9.97. The molecule has 0 spiro atoms. The maximum atomic E-state index is 12.2. The van der Waals surface area contributed by atoms with Crippen LogP contribution < -0.4 is 10.2 Å². The smallest absolute Gasteiger partial charge is 0.311 e. The monoisotopic (exact) mass is 375 g/mol. The van der Waals surface area contributed by atoms with Crippen LogP contribution in [0, 0.1) is 5.41 Å². The zero-order chi connectivity index (χ0) is 20.0. The van der Waals surface area contributed by atoms with Crippen molar-refractivity contribution in [1.29, 1.82) is 0 Å². The Labute approximate surface area is 162 Å². The van der Waals surface area contributed by atoms with Gasteiger partial charge in [0.15, 0.2) is 6.61 Å². The highest BCUT2D eigenvalue weighted by Gasteiger charge is 2.26. The number of carbonyl (C=O) groups excluding carboxylic acids is 2. The molecule has 2 rings (SSSR count). The molecule has 1 aliphatic heterocycles. The van der Waals surface area contributed by atoms with Gasteiger partial charge >= 0.3 is 5.97 Å². The number of esters is 1. The van der Waals surface area contributed by atoms with Gasteiger partial charge in [-0.05, 0) is 64.4 Å². The number of carbonyl (C=O) groups is 2. The van der Waals surface area contributed by atoms with Crippen LogP contribution in [0.3, 0.4) is 0 Å². The summed E-state index contributed by atoms with van der Waals surface area (Å²) in [6.45, 7) is 7.66. The van der Waals surface area contributed by atoms with Crippen LogP contribution in [0.2, 0.25) is 0 Å². The van der Waals surface area contributed by atoms with Crippen LogP contribution >= 0.6 is 0 Å². The first-order valence-electron chi connectivity index (χ1n) is 9.64. The fourth-order valence-corrected chi connectivity index (χ4v) is 3.11. The molecule has 1 saturated heterocycles. The molecule has 27 heavy (non-hydrogen) atoms. The van der Waals surface area contributed by atoms with Gasteiger partial charge in [0.1, 0.15) is 0 Å². The van der Waals surface area contributed by atoms with Gasteiger partial charge in [0, 0.05) is 26.3 Å². The number of nitrogens with one attached hydrogen (secondary N) is 1. The first kappa shape index (κ1) is 21.2. The molecule has 0 aromatic heterocycles. The number of hydrogen-bond donors (Lipinski definition) is 1. The molecule has 0 radical (unpaired) electrons. The average Bonchev–Trinajstić information content (AvgIpc) is 3.13. The molecule has 1 fully saturated rings. The Morgan fingerprint density at radius 3 is 2.26 bits per heavy atom. The Kier molecular flexibility index (Phi) is 7.25. The van der Waals surface area contributed by atoms with Gasteiger partial charge in [0.2, 0.25) is 0 Å². The maximum Gasteiger partial charge on any atom is 0.311 e. The standard InChI is InChI=1S/C21H33N3O3/c1-21(2,3)20(26)27-15-19(25)22-14-18(24-12-6-7-13-24)16-8-10-17(11-9-16)23(4)5/h8-11,18H,6-7,12-15H2,1-5H3,(H,22,25)/t18-/m1/s1. The zero-order valence-corrected chi connectivity index (χ0v) is 17.2. The number of hydrogen-bond acceptors (Lipinski definition) is 5. The molecule has 1 heterocycles. The van der Waals surface area contributed by atoms with E-state index in [4.69, 9.17) is 4.74 Å². The molecule has 6 nitrogen and oxygen atoms in total.